The molecule has 1 atom stereocenters. The van der Waals surface area contributed by atoms with Crippen LogP contribution in [0.4, 0.5) is 17.1 Å². The first-order chi connectivity index (χ1) is 16.4. The zero-order valence-electron chi connectivity index (χ0n) is 19.3. The number of hydrogen-bond acceptors (Lipinski definition) is 5. The van der Waals surface area contributed by atoms with Crippen molar-refractivity contribution in [1.82, 2.24) is 9.55 Å². The van der Waals surface area contributed by atoms with Crippen molar-refractivity contribution in [1.29, 1.82) is 5.26 Å². The lowest BCUT2D eigenvalue weighted by Crippen LogP contribution is -2.16. The number of anilines is 3. The fourth-order valence-electron chi connectivity index (χ4n) is 3.78. The quantitative estimate of drug-likeness (QED) is 0.417. The summed E-state index contributed by atoms with van der Waals surface area (Å²) in [6.07, 6.45) is 2.21. The number of nitrogens with one attached hydrogen (secondary N) is 2. The van der Waals surface area contributed by atoms with E-state index in [1.807, 2.05) is 50.2 Å². The maximum Gasteiger partial charge on any atom is 0.260 e. The summed E-state index contributed by atoms with van der Waals surface area (Å²) in [5.74, 6) is -0.456. The molecule has 7 nitrogen and oxygen atoms in total. The predicted molar refractivity (Wildman–Crippen MR) is 134 cm³/mol. The highest BCUT2D eigenvalue weighted by Gasteiger charge is 2.12. The second kappa shape index (κ2) is 9.59. The monoisotopic (exact) mass is 451 g/mol. The lowest BCUT2D eigenvalue weighted by Gasteiger charge is -2.13. The molecule has 0 saturated carbocycles. The Morgan fingerprint density at radius 2 is 1.94 bits per heavy atom. The Morgan fingerprint density at radius 3 is 2.71 bits per heavy atom. The second-order valence-electron chi connectivity index (χ2n) is 8.22. The summed E-state index contributed by atoms with van der Waals surface area (Å²) in [4.78, 5) is 29.7. The summed E-state index contributed by atoms with van der Waals surface area (Å²) >= 11 is 0. The van der Waals surface area contributed by atoms with E-state index < -0.39 is 0 Å². The van der Waals surface area contributed by atoms with Crippen LogP contribution >= 0.6 is 0 Å². The van der Waals surface area contributed by atoms with Crippen LogP contribution in [0, 0.1) is 18.3 Å². The van der Waals surface area contributed by atoms with Gasteiger partial charge in [0.05, 0.1) is 29.2 Å². The van der Waals surface area contributed by atoms with Gasteiger partial charge in [0.2, 0.25) is 0 Å². The minimum Gasteiger partial charge on any atom is -0.355 e. The molecule has 4 aromatic rings. The molecule has 7 heteroatoms. The van der Waals surface area contributed by atoms with E-state index >= 15 is 0 Å². The largest absolute Gasteiger partial charge is 0.355 e. The van der Waals surface area contributed by atoms with Gasteiger partial charge < -0.3 is 15.2 Å². The lowest BCUT2D eigenvalue weighted by molar-refractivity contribution is 0.102. The van der Waals surface area contributed by atoms with E-state index in [-0.39, 0.29) is 17.4 Å². The summed E-state index contributed by atoms with van der Waals surface area (Å²) in [6.45, 7) is 3.91. The molecule has 0 radical (unpaired) electrons. The van der Waals surface area contributed by atoms with Crippen LogP contribution < -0.4 is 16.2 Å². The first-order valence-corrected chi connectivity index (χ1v) is 11.0. The van der Waals surface area contributed by atoms with Crippen LogP contribution in [-0.2, 0) is 7.05 Å². The van der Waals surface area contributed by atoms with Gasteiger partial charge in [-0.1, -0.05) is 25.1 Å². The molecule has 1 heterocycles. The van der Waals surface area contributed by atoms with E-state index in [0.717, 1.165) is 22.5 Å². The van der Waals surface area contributed by atoms with Gasteiger partial charge in [0, 0.05) is 29.7 Å². The Hall–Kier alpha value is -4.44. The molecule has 0 aliphatic rings. The molecule has 4 rings (SSSR count). The topological polar surface area (TPSA) is 99.8 Å². The number of nitriles is 1. The summed E-state index contributed by atoms with van der Waals surface area (Å²) in [5, 5.41) is 16.1. The fourth-order valence-corrected chi connectivity index (χ4v) is 3.78. The van der Waals surface area contributed by atoms with Crippen LogP contribution in [0.15, 0.2) is 71.8 Å². The molecule has 3 aromatic carbocycles. The average molecular weight is 452 g/mol. The van der Waals surface area contributed by atoms with Crippen molar-refractivity contribution in [3.8, 4) is 6.07 Å². The SMILES string of the molecule is CCC(C#N)c1cccc(NC(=O)c2ccc(C)c(Nc3ccc4ncn(C)c(=O)c4c3)c2)c1. The third-order valence-corrected chi connectivity index (χ3v) is 5.81. The number of rotatable bonds is 6. The number of carbonyl (C=O) groups excluding carboxylic acids is 1. The smallest absolute Gasteiger partial charge is 0.260 e. The van der Waals surface area contributed by atoms with Gasteiger partial charge in [0.25, 0.3) is 11.5 Å². The molecule has 0 saturated heterocycles. The number of carbonyl (C=O) groups is 1. The minimum atomic E-state index is -0.248. The first kappa shape index (κ1) is 22.7. The number of hydrogen-bond donors (Lipinski definition) is 2. The number of amides is 1. The van der Waals surface area contributed by atoms with Crippen LogP contribution in [0.2, 0.25) is 0 Å². The van der Waals surface area contributed by atoms with Gasteiger partial charge >= 0.3 is 0 Å². The highest BCUT2D eigenvalue weighted by atomic mass is 16.1. The number of aromatic nitrogens is 2. The highest BCUT2D eigenvalue weighted by Crippen LogP contribution is 2.25. The standard InChI is InChI=1S/C27H25N5O2/c1-4-18(15-28)19-6-5-7-21(12-19)31-26(33)20-9-8-17(2)25(13-20)30-22-10-11-24-23(14-22)27(34)32(3)16-29-24/h5-14,16,18,30H,4H2,1-3H3,(H,31,33). The molecular weight excluding hydrogens is 426 g/mol. The summed E-state index contributed by atoms with van der Waals surface area (Å²) in [6, 6.07) is 20.5. The Balaban J connectivity index is 1.58. The van der Waals surface area contributed by atoms with Crippen molar-refractivity contribution in [2.24, 2.45) is 7.05 Å². The Labute approximate surface area is 197 Å². The molecule has 0 spiro atoms. The van der Waals surface area contributed by atoms with Crippen molar-refractivity contribution >= 4 is 33.9 Å². The van der Waals surface area contributed by atoms with Crippen LogP contribution in [0.3, 0.4) is 0 Å². The molecule has 170 valence electrons. The van der Waals surface area contributed by atoms with E-state index in [2.05, 4.69) is 21.7 Å². The zero-order valence-corrected chi connectivity index (χ0v) is 19.3. The molecule has 1 unspecified atom stereocenters. The van der Waals surface area contributed by atoms with E-state index in [0.29, 0.717) is 28.6 Å². The van der Waals surface area contributed by atoms with Gasteiger partial charge in [0.15, 0.2) is 0 Å². The number of benzene rings is 3. The van der Waals surface area contributed by atoms with Crippen LogP contribution in [0.25, 0.3) is 10.9 Å². The molecular formula is C27H25N5O2. The lowest BCUT2D eigenvalue weighted by atomic mass is 9.97. The molecule has 0 bridgehead atoms. The van der Waals surface area contributed by atoms with Gasteiger partial charge in [-0.05, 0) is 66.9 Å². The molecule has 34 heavy (non-hydrogen) atoms. The van der Waals surface area contributed by atoms with Crippen LogP contribution in [0.1, 0.15) is 40.7 Å². The normalized spacial score (nSPS) is 11.6. The summed E-state index contributed by atoms with van der Waals surface area (Å²) in [5.41, 5.74) is 4.96. The third kappa shape index (κ3) is 4.66. The zero-order chi connectivity index (χ0) is 24.2. The van der Waals surface area contributed by atoms with E-state index in [1.54, 1.807) is 31.3 Å². The van der Waals surface area contributed by atoms with Gasteiger partial charge in [-0.3, -0.25) is 9.59 Å². The number of fused-ring (bicyclic) bond motifs is 1. The summed E-state index contributed by atoms with van der Waals surface area (Å²) < 4.78 is 1.44. The van der Waals surface area contributed by atoms with Crippen molar-refractivity contribution in [2.75, 3.05) is 10.6 Å². The highest BCUT2D eigenvalue weighted by molar-refractivity contribution is 6.05. The van der Waals surface area contributed by atoms with Crippen LogP contribution in [-0.4, -0.2) is 15.5 Å². The van der Waals surface area contributed by atoms with Gasteiger partial charge in [-0.2, -0.15) is 5.26 Å². The molecule has 0 aliphatic heterocycles. The van der Waals surface area contributed by atoms with E-state index in [4.69, 9.17) is 0 Å². The van der Waals surface area contributed by atoms with Gasteiger partial charge in [0.1, 0.15) is 0 Å². The van der Waals surface area contributed by atoms with Gasteiger partial charge in [-0.25, -0.2) is 4.98 Å². The van der Waals surface area contributed by atoms with Crippen LogP contribution in [0.5, 0.6) is 0 Å². The fraction of sp³-hybridized carbons (Fsp3) is 0.185. The Bertz CT molecular complexity index is 1480. The Kier molecular flexibility index (Phi) is 6.42. The van der Waals surface area contributed by atoms with E-state index in [1.165, 1.54) is 10.9 Å². The van der Waals surface area contributed by atoms with Crippen molar-refractivity contribution in [3.05, 3.63) is 94.0 Å². The van der Waals surface area contributed by atoms with Crippen molar-refractivity contribution in [3.63, 3.8) is 0 Å². The minimum absolute atomic E-state index is 0.123. The Morgan fingerprint density at radius 1 is 1.12 bits per heavy atom. The van der Waals surface area contributed by atoms with Gasteiger partial charge in [-0.15, -0.1) is 0 Å². The number of aryl methyl sites for hydroxylation is 2. The molecule has 1 aromatic heterocycles. The third-order valence-electron chi connectivity index (χ3n) is 5.81. The summed E-state index contributed by atoms with van der Waals surface area (Å²) in [7, 11) is 1.67. The van der Waals surface area contributed by atoms with Crippen molar-refractivity contribution in [2.45, 2.75) is 26.2 Å². The molecule has 2 N–H and O–H groups in total. The first-order valence-electron chi connectivity index (χ1n) is 11.0. The molecule has 0 aliphatic carbocycles. The maximum atomic E-state index is 13.0. The average Bonchev–Trinajstić information content (AvgIpc) is 2.84. The predicted octanol–water partition coefficient (Wildman–Crippen LogP) is 5.26. The van der Waals surface area contributed by atoms with Crippen molar-refractivity contribution < 1.29 is 4.79 Å². The number of nitrogens with zero attached hydrogens (tertiary/aromatic N) is 3. The molecule has 0 fully saturated rings. The van der Waals surface area contributed by atoms with E-state index in [9.17, 15) is 14.9 Å². The second-order valence-corrected chi connectivity index (χ2v) is 8.22. The maximum absolute atomic E-state index is 13.0. The molecule has 1 amide bonds.